The predicted molar refractivity (Wildman–Crippen MR) is 155 cm³/mol. The van der Waals surface area contributed by atoms with Gasteiger partial charge in [-0.25, -0.2) is 0 Å². The number of hydrogen-bond acceptors (Lipinski definition) is 6. The molecule has 3 aliphatic rings. The van der Waals surface area contributed by atoms with Crippen LogP contribution in [0.2, 0.25) is 0 Å². The van der Waals surface area contributed by atoms with Crippen LogP contribution in [0.5, 0.6) is 0 Å². The third-order valence-corrected chi connectivity index (χ3v) is 7.65. The van der Waals surface area contributed by atoms with Gasteiger partial charge in [0.05, 0.1) is 13.2 Å². The third-order valence-electron chi connectivity index (χ3n) is 7.65. The van der Waals surface area contributed by atoms with Gasteiger partial charge in [-0.3, -0.25) is 24.4 Å². The highest BCUT2D eigenvalue weighted by Crippen LogP contribution is 2.10. The maximum absolute atomic E-state index is 11.0. The molecule has 3 saturated heterocycles. The van der Waals surface area contributed by atoms with Crippen molar-refractivity contribution in [3.8, 4) is 0 Å². The van der Waals surface area contributed by atoms with Crippen LogP contribution in [0.25, 0.3) is 0 Å². The number of carbonyl (C=O) groups is 1. The van der Waals surface area contributed by atoms with Crippen LogP contribution in [0.3, 0.4) is 0 Å². The number of hydrogen-bond donors (Lipinski definition) is 0. The summed E-state index contributed by atoms with van der Waals surface area (Å²) in [7, 11) is 0. The van der Waals surface area contributed by atoms with Gasteiger partial charge in [-0.05, 0) is 47.1 Å². The summed E-state index contributed by atoms with van der Waals surface area (Å²) >= 11 is 0. The minimum absolute atomic E-state index is 0.207. The van der Waals surface area contributed by atoms with E-state index in [9.17, 15) is 4.79 Å². The lowest BCUT2D eigenvalue weighted by atomic mass is 10.2. The summed E-state index contributed by atoms with van der Waals surface area (Å²) in [6.45, 7) is 28.9. The second-order valence-corrected chi connectivity index (χ2v) is 11.3. The molecule has 0 atom stereocenters. The number of rotatable bonds is 5. The molecule has 0 unspecified atom stereocenters. The highest BCUT2D eigenvalue weighted by atomic mass is 16.5. The quantitative estimate of drug-likeness (QED) is 0.596. The Balaban J connectivity index is 0.000000204. The van der Waals surface area contributed by atoms with Crippen molar-refractivity contribution in [1.82, 2.24) is 24.5 Å². The molecule has 1 amide bonds. The van der Waals surface area contributed by atoms with Gasteiger partial charge in [-0.2, -0.15) is 0 Å². The fourth-order valence-electron chi connectivity index (χ4n) is 4.93. The highest BCUT2D eigenvalue weighted by molar-refractivity contribution is 5.73. The lowest BCUT2D eigenvalue weighted by Crippen LogP contribution is -2.50. The van der Waals surface area contributed by atoms with Crippen molar-refractivity contribution in [2.45, 2.75) is 73.1 Å². The van der Waals surface area contributed by atoms with E-state index in [4.69, 9.17) is 4.74 Å². The molecule has 0 aliphatic carbocycles. The molecular formula is C30H55N5O2. The molecule has 37 heavy (non-hydrogen) atoms. The molecular weight excluding hydrogens is 462 g/mol. The van der Waals surface area contributed by atoms with E-state index in [1.54, 1.807) is 6.92 Å². The topological polar surface area (TPSA) is 42.5 Å². The first-order valence-corrected chi connectivity index (χ1v) is 14.5. The molecule has 0 spiro atoms. The summed E-state index contributed by atoms with van der Waals surface area (Å²) in [5, 5.41) is 0. The summed E-state index contributed by atoms with van der Waals surface area (Å²) < 4.78 is 5.21. The van der Waals surface area contributed by atoms with Crippen molar-refractivity contribution in [1.29, 1.82) is 0 Å². The van der Waals surface area contributed by atoms with Crippen LogP contribution in [0, 0.1) is 0 Å². The summed E-state index contributed by atoms with van der Waals surface area (Å²) in [5.41, 5.74) is 1.43. The van der Waals surface area contributed by atoms with E-state index in [1.807, 2.05) is 4.90 Å². The van der Waals surface area contributed by atoms with Gasteiger partial charge in [0.25, 0.3) is 0 Å². The fraction of sp³-hybridized carbons (Fsp3) is 0.767. The van der Waals surface area contributed by atoms with Crippen molar-refractivity contribution < 1.29 is 9.53 Å². The van der Waals surface area contributed by atoms with Crippen LogP contribution in [0.1, 0.15) is 54.0 Å². The predicted octanol–water partition coefficient (Wildman–Crippen LogP) is 3.50. The molecule has 7 nitrogen and oxygen atoms in total. The Morgan fingerprint density at radius 2 is 1.11 bits per heavy atom. The van der Waals surface area contributed by atoms with Crippen molar-refractivity contribution in [2.24, 2.45) is 0 Å². The molecule has 0 saturated carbocycles. The molecule has 0 N–H and O–H groups in total. The average molecular weight is 518 g/mol. The van der Waals surface area contributed by atoms with Crippen molar-refractivity contribution in [2.75, 3.05) is 78.7 Å². The Labute approximate surface area is 227 Å². The van der Waals surface area contributed by atoms with E-state index in [2.05, 4.69) is 91.5 Å². The van der Waals surface area contributed by atoms with E-state index in [-0.39, 0.29) is 5.91 Å². The van der Waals surface area contributed by atoms with Gasteiger partial charge >= 0.3 is 0 Å². The number of morpholine rings is 1. The van der Waals surface area contributed by atoms with E-state index in [0.29, 0.717) is 18.1 Å². The molecule has 0 aromatic heterocycles. The number of amides is 1. The first-order valence-electron chi connectivity index (χ1n) is 14.5. The second-order valence-electron chi connectivity index (χ2n) is 11.3. The van der Waals surface area contributed by atoms with Gasteiger partial charge in [0.15, 0.2) is 0 Å². The molecule has 3 heterocycles. The van der Waals surface area contributed by atoms with Gasteiger partial charge in [-0.1, -0.05) is 30.3 Å². The first-order chi connectivity index (χ1) is 17.7. The molecule has 0 radical (unpaired) electrons. The van der Waals surface area contributed by atoms with Crippen LogP contribution in [0.4, 0.5) is 0 Å². The zero-order chi connectivity index (χ0) is 27.2. The van der Waals surface area contributed by atoms with Gasteiger partial charge in [0, 0.05) is 97.0 Å². The SMILES string of the molecule is CC(=O)N1CCN(C(C)C)CC1.CC(C)N1CCN(Cc2ccccc2)CC1.CC(C)N1CCOCC1. The van der Waals surface area contributed by atoms with Crippen LogP contribution in [0.15, 0.2) is 30.3 Å². The van der Waals surface area contributed by atoms with Crippen molar-refractivity contribution in [3.05, 3.63) is 35.9 Å². The Bertz CT molecular complexity index is 721. The number of nitrogens with zero attached hydrogens (tertiary/aromatic N) is 5. The summed E-state index contributed by atoms with van der Waals surface area (Å²) in [4.78, 5) is 22.8. The molecule has 1 aromatic carbocycles. The minimum atomic E-state index is 0.207. The van der Waals surface area contributed by atoms with Crippen molar-refractivity contribution in [3.63, 3.8) is 0 Å². The largest absolute Gasteiger partial charge is 0.379 e. The van der Waals surface area contributed by atoms with Crippen LogP contribution in [-0.4, -0.2) is 127 Å². The second kappa shape index (κ2) is 17.2. The number of ether oxygens (including phenoxy) is 1. The summed E-state index contributed by atoms with van der Waals surface area (Å²) in [6.07, 6.45) is 0. The summed E-state index contributed by atoms with van der Waals surface area (Å²) in [5.74, 6) is 0.207. The highest BCUT2D eigenvalue weighted by Gasteiger charge is 2.20. The van der Waals surface area contributed by atoms with Gasteiger partial charge in [0.2, 0.25) is 5.91 Å². The Hall–Kier alpha value is -1.51. The molecule has 1 aromatic rings. The molecule has 212 valence electrons. The summed E-state index contributed by atoms with van der Waals surface area (Å²) in [6, 6.07) is 12.8. The van der Waals surface area contributed by atoms with Crippen LogP contribution in [-0.2, 0) is 16.1 Å². The maximum atomic E-state index is 11.0. The smallest absolute Gasteiger partial charge is 0.219 e. The molecule has 7 heteroatoms. The molecule has 3 fully saturated rings. The molecule has 3 aliphatic heterocycles. The number of carbonyl (C=O) groups excluding carboxylic acids is 1. The zero-order valence-corrected chi connectivity index (χ0v) is 24.9. The van der Waals surface area contributed by atoms with Gasteiger partial charge in [0.1, 0.15) is 0 Å². The Kier molecular flexibility index (Phi) is 14.7. The molecule has 4 rings (SSSR count). The normalized spacial score (nSPS) is 20.4. The Morgan fingerprint density at radius 3 is 1.51 bits per heavy atom. The van der Waals surface area contributed by atoms with Crippen molar-refractivity contribution >= 4 is 5.91 Å². The van der Waals surface area contributed by atoms with Gasteiger partial charge in [-0.15, -0.1) is 0 Å². The van der Waals surface area contributed by atoms with E-state index >= 15 is 0 Å². The monoisotopic (exact) mass is 517 g/mol. The zero-order valence-electron chi connectivity index (χ0n) is 24.9. The maximum Gasteiger partial charge on any atom is 0.219 e. The van der Waals surface area contributed by atoms with E-state index in [0.717, 1.165) is 59.0 Å². The van der Waals surface area contributed by atoms with E-state index in [1.165, 1.54) is 31.7 Å². The van der Waals surface area contributed by atoms with Crippen LogP contribution < -0.4 is 0 Å². The Morgan fingerprint density at radius 1 is 0.676 bits per heavy atom. The fourth-order valence-corrected chi connectivity index (χ4v) is 4.93. The average Bonchev–Trinajstić information content (AvgIpc) is 2.91. The minimum Gasteiger partial charge on any atom is -0.379 e. The molecule has 0 bridgehead atoms. The van der Waals surface area contributed by atoms with Crippen LogP contribution >= 0.6 is 0 Å². The lowest BCUT2D eigenvalue weighted by molar-refractivity contribution is -0.130. The number of benzene rings is 1. The lowest BCUT2D eigenvalue weighted by Gasteiger charge is -2.36. The number of piperazine rings is 2. The van der Waals surface area contributed by atoms with E-state index < -0.39 is 0 Å². The standard InChI is InChI=1S/C14H22N2.C9H18N2O.C7H15NO/c1-13(2)16-10-8-15(9-11-16)12-14-6-4-3-5-7-14;1-8(2)10-4-6-11(7-5-10)9(3)12;1-7(2)8-3-5-9-6-4-8/h3-7,13H,8-12H2,1-2H3;8H,4-7H2,1-3H3;7H,3-6H2,1-2H3. The third kappa shape index (κ3) is 12.3. The first kappa shape index (κ1) is 31.7. The van der Waals surface area contributed by atoms with Gasteiger partial charge < -0.3 is 9.64 Å².